The third-order valence-electron chi connectivity index (χ3n) is 12.3. The number of carbonyl (C=O) groups is 4. The maximum absolute atomic E-state index is 12.2. The zero-order chi connectivity index (χ0) is 57.6. The zero-order valence-electron chi connectivity index (χ0n) is 42.6. The van der Waals surface area contributed by atoms with Gasteiger partial charge in [-0.05, 0) is 62.1 Å². The van der Waals surface area contributed by atoms with Gasteiger partial charge in [-0.2, -0.15) is 55.2 Å². The molecule has 0 saturated heterocycles. The fourth-order valence-corrected chi connectivity index (χ4v) is 8.34. The van der Waals surface area contributed by atoms with Crippen LogP contribution in [0.1, 0.15) is 103 Å². The number of nitriles is 2. The molecule has 9 aromatic rings. The van der Waals surface area contributed by atoms with Crippen molar-refractivity contribution in [3.8, 4) is 63.9 Å². The van der Waals surface area contributed by atoms with Crippen molar-refractivity contribution in [2.24, 2.45) is 20.5 Å². The van der Waals surface area contributed by atoms with Gasteiger partial charge in [-0.25, -0.2) is 28.5 Å². The van der Waals surface area contributed by atoms with E-state index in [1.165, 1.54) is 24.3 Å². The number of aryl methyl sites for hydroxylation is 2. The molecular weight excluding hydrogens is 1050 g/mol. The number of aromatic carboxylic acids is 4. The number of nitrogens with two attached hydrogens (primary N) is 2. The van der Waals surface area contributed by atoms with Crippen LogP contribution >= 0.6 is 0 Å². The lowest BCUT2D eigenvalue weighted by atomic mass is 10.1. The molecule has 0 amide bonds. The molecule has 0 spiro atoms. The first-order valence-corrected chi connectivity index (χ1v) is 24.5. The fourth-order valence-electron chi connectivity index (χ4n) is 8.34. The van der Waals surface area contributed by atoms with E-state index >= 15 is 0 Å². The predicted octanol–water partition coefficient (Wildman–Crippen LogP) is 8.87. The second kappa shape index (κ2) is 22.8. The van der Waals surface area contributed by atoms with Crippen molar-refractivity contribution in [2.45, 2.75) is 52.4 Å². The number of hydrogen-bond acceptors (Lipinski definition) is 20. The molecule has 0 fully saturated rings. The minimum absolute atomic E-state index is 0.0308. The van der Waals surface area contributed by atoms with E-state index in [1.54, 1.807) is 60.7 Å². The normalized spacial score (nSPS) is 11.3. The highest BCUT2D eigenvalue weighted by Gasteiger charge is 2.28. The molecule has 9 rings (SSSR count). The summed E-state index contributed by atoms with van der Waals surface area (Å²) < 4.78 is 4.30. The van der Waals surface area contributed by atoms with Crippen molar-refractivity contribution >= 4 is 58.5 Å². The van der Waals surface area contributed by atoms with Crippen molar-refractivity contribution in [1.82, 2.24) is 54.1 Å². The summed E-state index contributed by atoms with van der Waals surface area (Å²) in [7, 11) is 0. The molecule has 0 aliphatic rings. The number of nitrogen functional groups attached to an aromatic ring is 2. The van der Waals surface area contributed by atoms with Gasteiger partial charge in [0.25, 0.3) is 11.9 Å². The van der Waals surface area contributed by atoms with Crippen LogP contribution < -0.4 is 11.5 Å². The molecule has 9 N–H and O–H groups in total. The van der Waals surface area contributed by atoms with Gasteiger partial charge in [0.2, 0.25) is 0 Å². The maximum Gasteiger partial charge on any atom is 0.335 e. The van der Waals surface area contributed by atoms with Crippen molar-refractivity contribution in [2.75, 3.05) is 11.5 Å². The SMILES string of the molecule is CCCCc1nn(-c2nc(O)nc(-n3nc(CCCC)c(N=Nc4c(C#N)c(-c5ccccc5)nn4-c4cc(C(=O)O)cc(C(=O)O)c4)c3N)n2)c(N)c1N=Nc1c(C#N)c(-c2ccccc2)nn1-c1cc(C(=O)O)cc(C(=O)O)c1. The van der Waals surface area contributed by atoms with Gasteiger partial charge in [-0.1, -0.05) is 87.4 Å². The smallest absolute Gasteiger partial charge is 0.335 e. The van der Waals surface area contributed by atoms with Crippen LogP contribution in [0.4, 0.5) is 34.6 Å². The van der Waals surface area contributed by atoms with Crippen molar-refractivity contribution in [3.05, 3.63) is 142 Å². The van der Waals surface area contributed by atoms with Gasteiger partial charge in [0.05, 0.1) is 45.0 Å². The van der Waals surface area contributed by atoms with Gasteiger partial charge in [0, 0.05) is 11.1 Å². The van der Waals surface area contributed by atoms with Gasteiger partial charge >= 0.3 is 29.9 Å². The highest BCUT2D eigenvalue weighted by atomic mass is 16.4. The van der Waals surface area contributed by atoms with Crippen molar-refractivity contribution in [1.29, 1.82) is 10.5 Å². The van der Waals surface area contributed by atoms with Crippen molar-refractivity contribution in [3.63, 3.8) is 0 Å². The fraction of sp³-hybridized carbons (Fsp3) is 0.151. The molecule has 404 valence electrons. The number of aromatic hydroxyl groups is 1. The lowest BCUT2D eigenvalue weighted by Crippen LogP contribution is -2.13. The number of anilines is 2. The Kier molecular flexibility index (Phi) is 15.2. The number of rotatable bonds is 20. The summed E-state index contributed by atoms with van der Waals surface area (Å²) in [5.74, 6) is -7.32. The Morgan fingerprint density at radius 1 is 0.519 bits per heavy atom. The Balaban J connectivity index is 1.16. The van der Waals surface area contributed by atoms with Crippen LogP contribution in [-0.4, -0.2) is 103 Å². The monoisotopic (exact) mass is 1090 g/mol. The standard InChI is InChI=1S/C53H43N19O9/c1-3-5-17-37-41(61-63-45-35(25-54)39(27-13-9-7-10-14-27)67-69(45)33-21-29(47(73)74)19-30(22-33)48(75)76)43(56)71(65-37)51-58-52(60-53(81)59-51)72-44(57)42(38(66-72)18-6-4-2)62-64-46-36(26-55)40(28-15-11-8-12-16-28)68-70(46)34-23-31(49(77)78)20-32(24-34)50(79)80/h7-16,19-24H,3-6,17-18,56-57H2,1-2H3,(H,73,74)(H,75,76)(H,77,78)(H,79,80)(H,58,59,60,81). The molecule has 28 nitrogen and oxygen atoms in total. The molecule has 28 heteroatoms. The van der Waals surface area contributed by atoms with Crippen molar-refractivity contribution < 1.29 is 44.7 Å². The quantitative estimate of drug-likeness (QED) is 0.0350. The number of nitrogens with zero attached hydrogens (tertiary/aromatic N) is 17. The van der Waals surface area contributed by atoms with E-state index in [4.69, 9.17) is 11.5 Å². The summed E-state index contributed by atoms with van der Waals surface area (Å²) >= 11 is 0. The second-order valence-electron chi connectivity index (χ2n) is 17.7. The first-order valence-electron chi connectivity index (χ1n) is 24.5. The first-order chi connectivity index (χ1) is 39.0. The molecule has 0 aliphatic carbocycles. The summed E-state index contributed by atoms with van der Waals surface area (Å²) in [6, 6.07) is 27.0. The highest BCUT2D eigenvalue weighted by Crippen LogP contribution is 2.39. The molecular formula is C53H43N19O9. The molecule has 0 bridgehead atoms. The van der Waals surface area contributed by atoms with Crippen LogP contribution in [0.3, 0.4) is 0 Å². The topological polar surface area (TPSA) is 428 Å². The number of carboxylic acid groups (broad SMARTS) is 4. The van der Waals surface area contributed by atoms with Crippen LogP contribution in [0.5, 0.6) is 6.01 Å². The minimum atomic E-state index is -1.43. The van der Waals surface area contributed by atoms with Crippen LogP contribution in [0.2, 0.25) is 0 Å². The number of unbranched alkanes of at least 4 members (excludes halogenated alkanes) is 2. The first kappa shape index (κ1) is 54.0. The van der Waals surface area contributed by atoms with Gasteiger partial charge in [0.15, 0.2) is 34.6 Å². The van der Waals surface area contributed by atoms with Crippen LogP contribution in [0, 0.1) is 22.7 Å². The Morgan fingerprint density at radius 3 is 1.20 bits per heavy atom. The van der Waals surface area contributed by atoms with Gasteiger partial charge in [-0.3, -0.25) is 0 Å². The Labute approximate surface area is 456 Å². The van der Waals surface area contributed by atoms with Gasteiger partial charge < -0.3 is 37.0 Å². The Hall–Kier alpha value is -11.8. The Morgan fingerprint density at radius 2 is 0.877 bits per heavy atom. The second-order valence-corrected chi connectivity index (χ2v) is 17.7. The number of hydrogen-bond donors (Lipinski definition) is 7. The zero-order valence-corrected chi connectivity index (χ0v) is 42.6. The summed E-state index contributed by atoms with van der Waals surface area (Å²) in [6.45, 7) is 3.87. The Bertz CT molecular complexity index is 3800. The van der Waals surface area contributed by atoms with Crippen LogP contribution in [0.15, 0.2) is 118 Å². The molecule has 81 heavy (non-hydrogen) atoms. The van der Waals surface area contributed by atoms with Gasteiger partial charge in [-0.15, -0.1) is 20.5 Å². The largest absolute Gasteiger partial charge is 0.479 e. The number of benzene rings is 4. The van der Waals surface area contributed by atoms with E-state index in [1.807, 2.05) is 13.8 Å². The van der Waals surface area contributed by atoms with E-state index in [0.717, 1.165) is 30.9 Å². The molecule has 0 aliphatic heterocycles. The van der Waals surface area contributed by atoms with E-state index < -0.39 is 29.9 Å². The highest BCUT2D eigenvalue weighted by molar-refractivity contribution is 5.96. The molecule has 0 radical (unpaired) electrons. The third kappa shape index (κ3) is 10.8. The van der Waals surface area contributed by atoms with E-state index in [9.17, 15) is 55.2 Å². The number of carboxylic acids is 4. The third-order valence-corrected chi connectivity index (χ3v) is 12.3. The van der Waals surface area contributed by atoms with E-state index in [-0.39, 0.29) is 127 Å². The average Bonchev–Trinajstić information content (AvgIpc) is 4.27. The molecule has 0 atom stereocenters. The minimum Gasteiger partial charge on any atom is -0.479 e. The van der Waals surface area contributed by atoms with E-state index in [0.29, 0.717) is 36.8 Å². The van der Waals surface area contributed by atoms with Crippen LogP contribution in [0.25, 0.3) is 45.8 Å². The molecule has 5 aromatic heterocycles. The average molecular weight is 1090 g/mol. The lowest BCUT2D eigenvalue weighted by Gasteiger charge is -2.07. The summed E-state index contributed by atoms with van der Waals surface area (Å²) in [5.41, 5.74) is 13.3. The summed E-state index contributed by atoms with van der Waals surface area (Å²) in [5, 5.41) is 108. The predicted molar refractivity (Wildman–Crippen MR) is 285 cm³/mol. The molecule has 0 unspecified atom stereocenters. The van der Waals surface area contributed by atoms with Crippen LogP contribution in [-0.2, 0) is 12.8 Å². The molecule has 0 saturated carbocycles. The summed E-state index contributed by atoms with van der Waals surface area (Å²) in [4.78, 5) is 61.5. The maximum atomic E-state index is 12.2. The van der Waals surface area contributed by atoms with E-state index in [2.05, 4.69) is 67.9 Å². The number of azo groups is 2. The lowest BCUT2D eigenvalue weighted by molar-refractivity contribution is 0.0676. The number of aromatic nitrogens is 11. The molecule has 4 aromatic carbocycles. The summed E-state index contributed by atoms with van der Waals surface area (Å²) in [6.07, 6.45) is 3.04. The van der Waals surface area contributed by atoms with Gasteiger partial charge in [0.1, 0.15) is 34.7 Å². The molecule has 5 heterocycles.